The lowest BCUT2D eigenvalue weighted by atomic mass is 9.92. The molecule has 0 aromatic heterocycles. The van der Waals surface area contributed by atoms with Crippen LogP contribution in [0.5, 0.6) is 0 Å². The summed E-state index contributed by atoms with van der Waals surface area (Å²) in [5.41, 5.74) is -0.168. The van der Waals surface area contributed by atoms with Crippen LogP contribution in [0.4, 0.5) is 0 Å². The number of nitrogens with one attached hydrogen (secondary N) is 2. The van der Waals surface area contributed by atoms with Crippen LogP contribution in [-0.2, 0) is 4.79 Å². The topological polar surface area (TPSA) is 44.4 Å². The van der Waals surface area contributed by atoms with E-state index in [0.717, 1.165) is 25.9 Å². The van der Waals surface area contributed by atoms with Gasteiger partial charge in [0.2, 0.25) is 5.91 Å². The fraction of sp³-hybridized carbons (Fsp3) is 0.909. The Morgan fingerprint density at radius 1 is 1.27 bits per heavy atom. The average molecular weight is 211 g/mol. The third-order valence-corrected chi connectivity index (χ3v) is 3.35. The van der Waals surface area contributed by atoms with E-state index in [2.05, 4.69) is 36.3 Å². The zero-order valence-corrected chi connectivity index (χ0v) is 9.89. The number of hydrogen-bond donors (Lipinski definition) is 2. The summed E-state index contributed by atoms with van der Waals surface area (Å²) in [6, 6.07) is 0. The van der Waals surface area contributed by atoms with E-state index in [1.807, 2.05) is 0 Å². The lowest BCUT2D eigenvalue weighted by Gasteiger charge is -2.48. The van der Waals surface area contributed by atoms with Gasteiger partial charge in [0.25, 0.3) is 0 Å². The van der Waals surface area contributed by atoms with Crippen LogP contribution in [0.1, 0.15) is 33.6 Å². The summed E-state index contributed by atoms with van der Waals surface area (Å²) in [6.45, 7) is 8.82. The molecule has 2 saturated heterocycles. The van der Waals surface area contributed by atoms with Crippen molar-refractivity contribution in [3.63, 3.8) is 0 Å². The fourth-order valence-corrected chi connectivity index (χ4v) is 2.89. The van der Waals surface area contributed by atoms with Crippen LogP contribution < -0.4 is 10.6 Å². The van der Waals surface area contributed by atoms with Gasteiger partial charge in [0, 0.05) is 5.54 Å². The summed E-state index contributed by atoms with van der Waals surface area (Å²) in [5, 5.41) is 6.76. The number of rotatable bonds is 0. The molecule has 0 radical (unpaired) electrons. The second-order valence-corrected chi connectivity index (χ2v) is 5.54. The standard InChI is InChI=1S/C11H21N3O/c1-10(2,3)14-9(15)8-13-11(14)4-6-12-7-5-11/h12-13H,4-8H2,1-3H3. The van der Waals surface area contributed by atoms with Crippen LogP contribution in [0.2, 0.25) is 0 Å². The quantitative estimate of drug-likeness (QED) is 0.605. The van der Waals surface area contributed by atoms with Crippen molar-refractivity contribution in [2.24, 2.45) is 0 Å². The highest BCUT2D eigenvalue weighted by atomic mass is 16.2. The van der Waals surface area contributed by atoms with Gasteiger partial charge < -0.3 is 10.2 Å². The second-order valence-electron chi connectivity index (χ2n) is 5.54. The molecule has 1 amide bonds. The molecule has 2 aliphatic heterocycles. The first-order chi connectivity index (χ1) is 6.96. The van der Waals surface area contributed by atoms with Gasteiger partial charge in [-0.1, -0.05) is 0 Å². The van der Waals surface area contributed by atoms with Crippen LogP contribution in [0.25, 0.3) is 0 Å². The maximum absolute atomic E-state index is 11.9. The van der Waals surface area contributed by atoms with Crippen LogP contribution in [0.15, 0.2) is 0 Å². The van der Waals surface area contributed by atoms with Gasteiger partial charge in [0.1, 0.15) is 0 Å². The van der Waals surface area contributed by atoms with E-state index in [-0.39, 0.29) is 17.1 Å². The molecule has 0 aliphatic carbocycles. The van der Waals surface area contributed by atoms with Gasteiger partial charge in [-0.3, -0.25) is 10.1 Å². The van der Waals surface area contributed by atoms with Crippen molar-refractivity contribution in [2.75, 3.05) is 19.6 Å². The molecule has 0 bridgehead atoms. The molecule has 1 spiro atoms. The monoisotopic (exact) mass is 211 g/mol. The molecular formula is C11H21N3O. The van der Waals surface area contributed by atoms with Crippen molar-refractivity contribution >= 4 is 5.91 Å². The maximum atomic E-state index is 11.9. The molecule has 2 fully saturated rings. The van der Waals surface area contributed by atoms with Gasteiger partial charge in [0.15, 0.2) is 0 Å². The van der Waals surface area contributed by atoms with E-state index in [0.29, 0.717) is 6.54 Å². The number of piperidine rings is 1. The smallest absolute Gasteiger partial charge is 0.238 e. The van der Waals surface area contributed by atoms with E-state index in [1.165, 1.54) is 0 Å². The molecule has 0 aromatic carbocycles. The second kappa shape index (κ2) is 3.46. The zero-order valence-electron chi connectivity index (χ0n) is 9.89. The largest absolute Gasteiger partial charge is 0.318 e. The molecule has 4 heteroatoms. The van der Waals surface area contributed by atoms with E-state index < -0.39 is 0 Å². The highest BCUT2D eigenvalue weighted by Crippen LogP contribution is 2.33. The van der Waals surface area contributed by atoms with Crippen molar-refractivity contribution in [3.05, 3.63) is 0 Å². The van der Waals surface area contributed by atoms with E-state index in [1.54, 1.807) is 0 Å². The first-order valence-electron chi connectivity index (χ1n) is 5.75. The molecular weight excluding hydrogens is 190 g/mol. The van der Waals surface area contributed by atoms with E-state index in [9.17, 15) is 4.79 Å². The highest BCUT2D eigenvalue weighted by molar-refractivity contribution is 5.82. The van der Waals surface area contributed by atoms with Crippen molar-refractivity contribution in [1.29, 1.82) is 0 Å². The third-order valence-electron chi connectivity index (χ3n) is 3.35. The first-order valence-corrected chi connectivity index (χ1v) is 5.75. The van der Waals surface area contributed by atoms with Gasteiger partial charge in [0.05, 0.1) is 12.2 Å². The number of amides is 1. The van der Waals surface area contributed by atoms with Gasteiger partial charge in [-0.25, -0.2) is 0 Å². The molecule has 4 nitrogen and oxygen atoms in total. The molecule has 2 heterocycles. The van der Waals surface area contributed by atoms with Gasteiger partial charge in [-0.05, 0) is 46.7 Å². The van der Waals surface area contributed by atoms with Crippen molar-refractivity contribution in [1.82, 2.24) is 15.5 Å². The van der Waals surface area contributed by atoms with Gasteiger partial charge in [-0.15, -0.1) is 0 Å². The minimum atomic E-state index is -0.0854. The van der Waals surface area contributed by atoms with Gasteiger partial charge >= 0.3 is 0 Å². The minimum absolute atomic E-state index is 0.0828. The Morgan fingerprint density at radius 2 is 1.87 bits per heavy atom. The van der Waals surface area contributed by atoms with Gasteiger partial charge in [-0.2, -0.15) is 0 Å². The number of nitrogens with zero attached hydrogens (tertiary/aromatic N) is 1. The summed E-state index contributed by atoms with van der Waals surface area (Å²) in [4.78, 5) is 14.0. The van der Waals surface area contributed by atoms with Crippen molar-refractivity contribution in [3.8, 4) is 0 Å². The Balaban J connectivity index is 2.27. The van der Waals surface area contributed by atoms with E-state index >= 15 is 0 Å². The Labute approximate surface area is 91.4 Å². The lowest BCUT2D eigenvalue weighted by Crippen LogP contribution is -2.62. The molecule has 0 aromatic rings. The summed E-state index contributed by atoms with van der Waals surface area (Å²) in [5.74, 6) is 0.240. The molecule has 0 atom stereocenters. The Kier molecular flexibility index (Phi) is 2.51. The molecule has 86 valence electrons. The SMILES string of the molecule is CC(C)(C)N1C(=O)CNC12CCNCC2. The van der Waals surface area contributed by atoms with E-state index in [4.69, 9.17) is 0 Å². The maximum Gasteiger partial charge on any atom is 0.238 e. The summed E-state index contributed by atoms with van der Waals surface area (Å²) < 4.78 is 0. The predicted octanol–water partition coefficient (Wildman–Crippen LogP) is 0.296. The zero-order chi connectivity index (χ0) is 11.1. The molecule has 15 heavy (non-hydrogen) atoms. The molecule has 2 rings (SSSR count). The Bertz CT molecular complexity index is 263. The summed E-state index contributed by atoms with van der Waals surface area (Å²) in [6.07, 6.45) is 2.02. The lowest BCUT2D eigenvalue weighted by molar-refractivity contribution is -0.137. The van der Waals surface area contributed by atoms with Crippen LogP contribution in [0, 0.1) is 0 Å². The fourth-order valence-electron chi connectivity index (χ4n) is 2.89. The first kappa shape index (κ1) is 10.9. The van der Waals surface area contributed by atoms with Crippen molar-refractivity contribution in [2.45, 2.75) is 44.8 Å². The minimum Gasteiger partial charge on any atom is -0.318 e. The number of carbonyl (C=O) groups excluding carboxylic acids is 1. The van der Waals surface area contributed by atoms with Crippen LogP contribution in [-0.4, -0.2) is 41.6 Å². The Hall–Kier alpha value is -0.610. The number of carbonyl (C=O) groups is 1. The average Bonchev–Trinajstić information content (AvgIpc) is 2.44. The normalized spacial score (nSPS) is 26.3. The molecule has 2 N–H and O–H groups in total. The van der Waals surface area contributed by atoms with Crippen LogP contribution >= 0.6 is 0 Å². The highest BCUT2D eigenvalue weighted by Gasteiger charge is 2.49. The molecule has 0 saturated carbocycles. The van der Waals surface area contributed by atoms with Crippen LogP contribution in [0.3, 0.4) is 0 Å². The summed E-state index contributed by atoms with van der Waals surface area (Å²) in [7, 11) is 0. The molecule has 0 unspecified atom stereocenters. The van der Waals surface area contributed by atoms with Crippen molar-refractivity contribution < 1.29 is 4.79 Å². The third kappa shape index (κ3) is 1.76. The molecule has 2 aliphatic rings. The summed E-state index contributed by atoms with van der Waals surface area (Å²) >= 11 is 0. The Morgan fingerprint density at radius 3 is 2.40 bits per heavy atom. The number of hydrogen-bond acceptors (Lipinski definition) is 3. The predicted molar refractivity (Wildman–Crippen MR) is 59.4 cm³/mol.